The summed E-state index contributed by atoms with van der Waals surface area (Å²) >= 11 is 0. The number of Topliss-reactive ketones (excluding diaryl/α,β-unsaturated/α-hetero) is 2. The Hall–Kier alpha value is -2.78. The van der Waals surface area contributed by atoms with Gasteiger partial charge in [0.25, 0.3) is 0 Å². The zero-order valence-electron chi connectivity index (χ0n) is 15.8. The molecule has 0 aromatic carbocycles. The quantitative estimate of drug-likeness (QED) is 0.395. The molecular formula is C18H24O10. The van der Waals surface area contributed by atoms with Crippen LogP contribution in [0.3, 0.4) is 0 Å². The average Bonchev–Trinajstić information content (AvgIpc) is 2.61. The summed E-state index contributed by atoms with van der Waals surface area (Å²) in [6, 6.07) is 0. The van der Waals surface area contributed by atoms with Crippen LogP contribution in [0.4, 0.5) is 0 Å². The summed E-state index contributed by atoms with van der Waals surface area (Å²) in [5.74, 6) is -6.24. The number of carboxylic acid groups (broad SMARTS) is 2. The van der Waals surface area contributed by atoms with Gasteiger partial charge in [-0.05, 0) is 26.7 Å². The molecular weight excluding hydrogens is 376 g/mol. The molecule has 10 nitrogen and oxygen atoms in total. The van der Waals surface area contributed by atoms with Crippen molar-refractivity contribution in [3.63, 3.8) is 0 Å². The number of esters is 2. The molecule has 0 aromatic rings. The van der Waals surface area contributed by atoms with Crippen LogP contribution >= 0.6 is 0 Å². The molecule has 1 saturated carbocycles. The number of carbonyl (C=O) groups excluding carboxylic acids is 4. The van der Waals surface area contributed by atoms with Crippen molar-refractivity contribution in [1.29, 1.82) is 0 Å². The van der Waals surface area contributed by atoms with E-state index in [9.17, 15) is 28.8 Å². The highest BCUT2D eigenvalue weighted by molar-refractivity contribution is 6.18. The Morgan fingerprint density at radius 3 is 1.36 bits per heavy atom. The fraction of sp³-hybridized carbons (Fsp3) is 0.667. The van der Waals surface area contributed by atoms with E-state index in [0.717, 1.165) is 0 Å². The topological polar surface area (TPSA) is 161 Å². The zero-order valence-corrected chi connectivity index (χ0v) is 15.8. The van der Waals surface area contributed by atoms with Crippen molar-refractivity contribution >= 4 is 35.4 Å². The van der Waals surface area contributed by atoms with E-state index >= 15 is 0 Å². The Balaban J connectivity index is 3.34. The second kappa shape index (κ2) is 9.43. The lowest BCUT2D eigenvalue weighted by Gasteiger charge is -2.40. The predicted octanol–water partition coefficient (Wildman–Crippen LogP) is 0.747. The standard InChI is InChI=1S/C18H24O10/c1-3-27-15(25)17(7-5-13(21)22)9-12(20)18(10-11(17)19,8-6-14(23)24)16(26)28-4-2/h3-10H2,1-2H3,(H,21,22)(H,23,24). The van der Waals surface area contributed by atoms with Gasteiger partial charge in [-0.15, -0.1) is 0 Å². The first kappa shape index (κ1) is 23.3. The van der Waals surface area contributed by atoms with Crippen molar-refractivity contribution < 1.29 is 48.5 Å². The summed E-state index contributed by atoms with van der Waals surface area (Å²) in [4.78, 5) is 72.8. The van der Waals surface area contributed by atoms with Crippen molar-refractivity contribution in [3.8, 4) is 0 Å². The zero-order chi connectivity index (χ0) is 21.5. The number of aliphatic carboxylic acids is 2. The Morgan fingerprint density at radius 1 is 0.786 bits per heavy atom. The molecule has 0 saturated heterocycles. The molecule has 28 heavy (non-hydrogen) atoms. The van der Waals surface area contributed by atoms with Crippen LogP contribution in [-0.2, 0) is 38.2 Å². The van der Waals surface area contributed by atoms with Crippen molar-refractivity contribution in [2.75, 3.05) is 13.2 Å². The number of hydrogen-bond acceptors (Lipinski definition) is 8. The smallest absolute Gasteiger partial charge is 0.320 e. The largest absolute Gasteiger partial charge is 0.481 e. The van der Waals surface area contributed by atoms with Crippen LogP contribution in [0.25, 0.3) is 0 Å². The Bertz CT molecular complexity index is 624. The molecule has 0 aliphatic heterocycles. The highest BCUT2D eigenvalue weighted by atomic mass is 16.5. The number of hydrogen-bond donors (Lipinski definition) is 2. The number of ether oxygens (including phenoxy) is 2. The third-order valence-electron chi connectivity index (χ3n) is 4.86. The first-order valence-electron chi connectivity index (χ1n) is 8.90. The maximum Gasteiger partial charge on any atom is 0.320 e. The lowest BCUT2D eigenvalue weighted by molar-refractivity contribution is -0.177. The minimum Gasteiger partial charge on any atom is -0.481 e. The summed E-state index contributed by atoms with van der Waals surface area (Å²) < 4.78 is 9.79. The van der Waals surface area contributed by atoms with Gasteiger partial charge in [-0.25, -0.2) is 0 Å². The number of carbonyl (C=O) groups is 6. The van der Waals surface area contributed by atoms with Crippen LogP contribution in [0.5, 0.6) is 0 Å². The summed E-state index contributed by atoms with van der Waals surface area (Å²) in [6.07, 6.45) is -3.50. The van der Waals surface area contributed by atoms with E-state index < -0.39 is 84.8 Å². The van der Waals surface area contributed by atoms with Gasteiger partial charge < -0.3 is 19.7 Å². The molecule has 0 aromatic heterocycles. The van der Waals surface area contributed by atoms with Gasteiger partial charge in [0, 0.05) is 25.7 Å². The summed E-state index contributed by atoms with van der Waals surface area (Å²) in [7, 11) is 0. The van der Waals surface area contributed by atoms with E-state index in [1.54, 1.807) is 0 Å². The molecule has 10 heteroatoms. The summed E-state index contributed by atoms with van der Waals surface area (Å²) in [6.45, 7) is 2.82. The average molecular weight is 400 g/mol. The maximum atomic E-state index is 13.0. The normalized spacial score (nSPS) is 24.5. The second-order valence-corrected chi connectivity index (χ2v) is 6.59. The molecule has 0 heterocycles. The molecule has 2 unspecified atom stereocenters. The Labute approximate surface area is 161 Å². The maximum absolute atomic E-state index is 13.0. The van der Waals surface area contributed by atoms with Crippen molar-refractivity contribution in [2.24, 2.45) is 10.8 Å². The van der Waals surface area contributed by atoms with E-state index in [1.165, 1.54) is 13.8 Å². The summed E-state index contributed by atoms with van der Waals surface area (Å²) in [5.41, 5.74) is -4.02. The molecule has 1 aliphatic carbocycles. The Kier molecular flexibility index (Phi) is 7.83. The number of carboxylic acids is 2. The van der Waals surface area contributed by atoms with E-state index in [1.807, 2.05) is 0 Å². The predicted molar refractivity (Wildman–Crippen MR) is 91.1 cm³/mol. The highest BCUT2D eigenvalue weighted by Crippen LogP contribution is 2.47. The van der Waals surface area contributed by atoms with Crippen molar-refractivity contribution in [1.82, 2.24) is 0 Å². The van der Waals surface area contributed by atoms with Crippen LogP contribution in [0, 0.1) is 10.8 Å². The van der Waals surface area contributed by atoms with Crippen LogP contribution in [0.2, 0.25) is 0 Å². The molecule has 0 spiro atoms. The van der Waals surface area contributed by atoms with E-state index in [-0.39, 0.29) is 13.2 Å². The number of rotatable bonds is 10. The van der Waals surface area contributed by atoms with Crippen LogP contribution in [0.15, 0.2) is 0 Å². The number of ketones is 2. The van der Waals surface area contributed by atoms with Crippen LogP contribution < -0.4 is 0 Å². The minimum atomic E-state index is -2.01. The molecule has 2 N–H and O–H groups in total. The van der Waals surface area contributed by atoms with Gasteiger partial charge in [0.1, 0.15) is 10.8 Å². The lowest BCUT2D eigenvalue weighted by Crippen LogP contribution is -2.56. The van der Waals surface area contributed by atoms with Gasteiger partial charge in [-0.2, -0.15) is 0 Å². The fourth-order valence-corrected chi connectivity index (χ4v) is 3.29. The second-order valence-electron chi connectivity index (χ2n) is 6.59. The molecule has 156 valence electrons. The third kappa shape index (κ3) is 4.73. The van der Waals surface area contributed by atoms with Crippen LogP contribution in [0.1, 0.15) is 52.4 Å². The van der Waals surface area contributed by atoms with Gasteiger partial charge in [0.2, 0.25) is 0 Å². The van der Waals surface area contributed by atoms with E-state index in [2.05, 4.69) is 0 Å². The molecule has 0 radical (unpaired) electrons. The molecule has 2 atom stereocenters. The molecule has 1 rings (SSSR count). The van der Waals surface area contributed by atoms with Crippen molar-refractivity contribution in [2.45, 2.75) is 52.4 Å². The molecule has 1 aliphatic rings. The molecule has 1 fully saturated rings. The minimum absolute atomic E-state index is 0.0862. The van der Waals surface area contributed by atoms with Crippen molar-refractivity contribution in [3.05, 3.63) is 0 Å². The lowest BCUT2D eigenvalue weighted by atomic mass is 9.59. The Morgan fingerprint density at radius 2 is 1.11 bits per heavy atom. The first-order valence-corrected chi connectivity index (χ1v) is 8.90. The van der Waals surface area contributed by atoms with Gasteiger partial charge in [0.05, 0.1) is 13.2 Å². The highest BCUT2D eigenvalue weighted by Gasteiger charge is 2.61. The van der Waals surface area contributed by atoms with Gasteiger partial charge in [-0.1, -0.05) is 0 Å². The van der Waals surface area contributed by atoms with Crippen LogP contribution in [-0.4, -0.2) is 58.9 Å². The molecule has 0 bridgehead atoms. The van der Waals surface area contributed by atoms with Gasteiger partial charge in [-0.3, -0.25) is 28.8 Å². The monoisotopic (exact) mass is 400 g/mol. The fourth-order valence-electron chi connectivity index (χ4n) is 3.29. The molecule has 0 amide bonds. The van der Waals surface area contributed by atoms with Gasteiger partial charge in [0.15, 0.2) is 11.6 Å². The third-order valence-corrected chi connectivity index (χ3v) is 4.86. The van der Waals surface area contributed by atoms with E-state index in [0.29, 0.717) is 0 Å². The van der Waals surface area contributed by atoms with Gasteiger partial charge >= 0.3 is 23.9 Å². The van der Waals surface area contributed by atoms with E-state index in [4.69, 9.17) is 19.7 Å². The summed E-state index contributed by atoms with van der Waals surface area (Å²) in [5, 5.41) is 17.9. The first-order chi connectivity index (χ1) is 13.1. The SMILES string of the molecule is CCOC(=O)C1(CCC(=O)O)CC(=O)C(CCC(=O)O)(C(=O)OCC)CC1=O.